The SMILES string of the molecule is C=CCOc1cccc(NS(=O)(=O)c2ccc(N)cc2)c1OC. The van der Waals surface area contributed by atoms with Crippen molar-refractivity contribution >= 4 is 21.4 Å². The van der Waals surface area contributed by atoms with Gasteiger partial charge >= 0.3 is 0 Å². The van der Waals surface area contributed by atoms with E-state index in [1.54, 1.807) is 24.3 Å². The van der Waals surface area contributed by atoms with Crippen molar-refractivity contribution < 1.29 is 17.9 Å². The molecule has 0 unspecified atom stereocenters. The van der Waals surface area contributed by atoms with Crippen LogP contribution >= 0.6 is 0 Å². The van der Waals surface area contributed by atoms with Crippen molar-refractivity contribution in [1.29, 1.82) is 0 Å². The van der Waals surface area contributed by atoms with Crippen LogP contribution in [0, 0.1) is 0 Å². The first-order chi connectivity index (χ1) is 11.0. The average Bonchev–Trinajstić information content (AvgIpc) is 2.53. The summed E-state index contributed by atoms with van der Waals surface area (Å²) in [7, 11) is -2.32. The van der Waals surface area contributed by atoms with Crippen LogP contribution in [0.2, 0.25) is 0 Å². The van der Waals surface area contributed by atoms with E-state index >= 15 is 0 Å². The Morgan fingerprint density at radius 2 is 1.91 bits per heavy atom. The number of nitrogens with one attached hydrogen (secondary N) is 1. The molecule has 0 aliphatic heterocycles. The molecule has 0 bridgehead atoms. The summed E-state index contributed by atoms with van der Waals surface area (Å²) in [6, 6.07) is 10.9. The minimum atomic E-state index is -3.76. The van der Waals surface area contributed by atoms with E-state index in [0.29, 0.717) is 17.2 Å². The van der Waals surface area contributed by atoms with Crippen LogP contribution in [-0.2, 0) is 10.0 Å². The van der Waals surface area contributed by atoms with Gasteiger partial charge in [0, 0.05) is 5.69 Å². The zero-order chi connectivity index (χ0) is 16.9. The Labute approximate surface area is 135 Å². The minimum Gasteiger partial charge on any atom is -0.491 e. The van der Waals surface area contributed by atoms with Crippen molar-refractivity contribution in [1.82, 2.24) is 0 Å². The van der Waals surface area contributed by atoms with Crippen LogP contribution in [0.5, 0.6) is 11.5 Å². The fourth-order valence-electron chi connectivity index (χ4n) is 1.92. The van der Waals surface area contributed by atoms with E-state index < -0.39 is 10.0 Å². The molecule has 7 heteroatoms. The Morgan fingerprint density at radius 1 is 1.22 bits per heavy atom. The van der Waals surface area contributed by atoms with Crippen LogP contribution < -0.4 is 19.9 Å². The highest BCUT2D eigenvalue weighted by atomic mass is 32.2. The standard InChI is InChI=1S/C16H18N2O4S/c1-3-11-22-15-6-4-5-14(16(15)21-2)18-23(19,20)13-9-7-12(17)8-10-13/h3-10,18H,1,11,17H2,2H3. The lowest BCUT2D eigenvalue weighted by atomic mass is 10.3. The van der Waals surface area contributed by atoms with E-state index in [0.717, 1.165) is 0 Å². The fourth-order valence-corrected chi connectivity index (χ4v) is 2.98. The first-order valence-corrected chi connectivity index (χ1v) is 8.25. The van der Waals surface area contributed by atoms with Gasteiger partial charge in [-0.25, -0.2) is 8.42 Å². The topological polar surface area (TPSA) is 90.7 Å². The van der Waals surface area contributed by atoms with E-state index in [2.05, 4.69) is 11.3 Å². The summed E-state index contributed by atoms with van der Waals surface area (Å²) in [5.41, 5.74) is 6.35. The monoisotopic (exact) mass is 334 g/mol. The fraction of sp³-hybridized carbons (Fsp3) is 0.125. The molecular weight excluding hydrogens is 316 g/mol. The van der Waals surface area contributed by atoms with Gasteiger partial charge in [-0.2, -0.15) is 0 Å². The van der Waals surface area contributed by atoms with Gasteiger partial charge in [-0.15, -0.1) is 0 Å². The molecule has 2 aromatic rings. The van der Waals surface area contributed by atoms with Crippen LogP contribution in [0.4, 0.5) is 11.4 Å². The molecule has 0 amide bonds. The van der Waals surface area contributed by atoms with Crippen LogP contribution in [0.3, 0.4) is 0 Å². The molecule has 23 heavy (non-hydrogen) atoms. The maximum Gasteiger partial charge on any atom is 0.262 e. The molecule has 6 nitrogen and oxygen atoms in total. The van der Waals surface area contributed by atoms with E-state index in [1.807, 2.05) is 0 Å². The molecule has 3 N–H and O–H groups in total. The number of para-hydroxylation sites is 1. The highest BCUT2D eigenvalue weighted by molar-refractivity contribution is 7.92. The smallest absolute Gasteiger partial charge is 0.262 e. The van der Waals surface area contributed by atoms with Gasteiger partial charge in [0.15, 0.2) is 11.5 Å². The molecule has 0 aromatic heterocycles. The molecule has 0 radical (unpaired) electrons. The van der Waals surface area contributed by atoms with Crippen molar-refractivity contribution in [2.24, 2.45) is 0 Å². The first kappa shape index (κ1) is 16.7. The third-order valence-electron chi connectivity index (χ3n) is 2.97. The van der Waals surface area contributed by atoms with Crippen molar-refractivity contribution in [2.75, 3.05) is 24.2 Å². The Balaban J connectivity index is 2.35. The van der Waals surface area contributed by atoms with Gasteiger partial charge in [0.1, 0.15) is 6.61 Å². The van der Waals surface area contributed by atoms with E-state index in [-0.39, 0.29) is 17.2 Å². The lowest BCUT2D eigenvalue weighted by Crippen LogP contribution is -2.14. The van der Waals surface area contributed by atoms with Crippen LogP contribution in [0.1, 0.15) is 0 Å². The number of nitrogens with two attached hydrogens (primary N) is 1. The summed E-state index contributed by atoms with van der Waals surface area (Å²) in [6.45, 7) is 3.85. The third kappa shape index (κ3) is 3.95. The molecule has 0 saturated carbocycles. The number of sulfonamides is 1. The predicted octanol–water partition coefficient (Wildman–Crippen LogP) is 2.64. The molecule has 0 atom stereocenters. The van der Waals surface area contributed by atoms with Crippen molar-refractivity contribution in [3.63, 3.8) is 0 Å². The largest absolute Gasteiger partial charge is 0.491 e. The number of hydrogen-bond acceptors (Lipinski definition) is 5. The number of methoxy groups -OCH3 is 1. The maximum atomic E-state index is 12.4. The van der Waals surface area contributed by atoms with Gasteiger partial charge in [0.05, 0.1) is 17.7 Å². The van der Waals surface area contributed by atoms with Crippen LogP contribution in [-0.4, -0.2) is 22.1 Å². The van der Waals surface area contributed by atoms with E-state index in [1.165, 1.54) is 31.4 Å². The summed E-state index contributed by atoms with van der Waals surface area (Å²) in [5.74, 6) is 0.721. The van der Waals surface area contributed by atoms with E-state index in [9.17, 15) is 8.42 Å². The van der Waals surface area contributed by atoms with Crippen molar-refractivity contribution in [2.45, 2.75) is 4.90 Å². The Hall–Kier alpha value is -2.67. The highest BCUT2D eigenvalue weighted by Crippen LogP contribution is 2.36. The second-order valence-electron chi connectivity index (χ2n) is 4.61. The van der Waals surface area contributed by atoms with E-state index in [4.69, 9.17) is 15.2 Å². The van der Waals surface area contributed by atoms with Gasteiger partial charge in [-0.3, -0.25) is 4.72 Å². The Bertz CT molecular complexity index is 786. The van der Waals surface area contributed by atoms with Crippen molar-refractivity contribution in [3.05, 3.63) is 55.1 Å². The molecule has 0 aliphatic carbocycles. The molecule has 0 spiro atoms. The van der Waals surface area contributed by atoms with Gasteiger partial charge in [-0.1, -0.05) is 18.7 Å². The molecule has 0 aliphatic rings. The summed E-state index contributed by atoms with van der Waals surface area (Å²) < 4.78 is 38.1. The van der Waals surface area contributed by atoms with Gasteiger partial charge < -0.3 is 15.2 Å². The lowest BCUT2D eigenvalue weighted by Gasteiger charge is -2.15. The number of benzene rings is 2. The quantitative estimate of drug-likeness (QED) is 0.600. The third-order valence-corrected chi connectivity index (χ3v) is 4.36. The zero-order valence-electron chi connectivity index (χ0n) is 12.7. The molecule has 122 valence electrons. The molecular formula is C16H18N2O4S. The number of ether oxygens (including phenoxy) is 2. The summed E-state index contributed by atoms with van der Waals surface area (Å²) in [4.78, 5) is 0.103. The lowest BCUT2D eigenvalue weighted by molar-refractivity contribution is 0.327. The highest BCUT2D eigenvalue weighted by Gasteiger charge is 2.18. The normalized spacial score (nSPS) is 10.8. The maximum absolute atomic E-state index is 12.4. The number of hydrogen-bond donors (Lipinski definition) is 2. The molecule has 2 aromatic carbocycles. The zero-order valence-corrected chi connectivity index (χ0v) is 13.5. The molecule has 2 rings (SSSR count). The number of nitrogen functional groups attached to an aromatic ring is 1. The number of rotatable bonds is 7. The first-order valence-electron chi connectivity index (χ1n) is 6.77. The van der Waals surface area contributed by atoms with Crippen LogP contribution in [0.25, 0.3) is 0 Å². The van der Waals surface area contributed by atoms with Gasteiger partial charge in [-0.05, 0) is 36.4 Å². The average molecular weight is 334 g/mol. The predicted molar refractivity (Wildman–Crippen MR) is 90.3 cm³/mol. The second-order valence-corrected chi connectivity index (χ2v) is 6.29. The summed E-state index contributed by atoms with van der Waals surface area (Å²) in [5, 5.41) is 0. The summed E-state index contributed by atoms with van der Waals surface area (Å²) in [6.07, 6.45) is 1.59. The Morgan fingerprint density at radius 3 is 2.52 bits per heavy atom. The molecule has 0 saturated heterocycles. The molecule has 0 fully saturated rings. The van der Waals surface area contributed by atoms with Gasteiger partial charge in [0.2, 0.25) is 0 Å². The second kappa shape index (κ2) is 7.06. The minimum absolute atomic E-state index is 0.103. The Kier molecular flexibility index (Phi) is 5.13. The number of anilines is 2. The van der Waals surface area contributed by atoms with Gasteiger partial charge in [0.25, 0.3) is 10.0 Å². The summed E-state index contributed by atoms with van der Waals surface area (Å²) >= 11 is 0. The van der Waals surface area contributed by atoms with Crippen molar-refractivity contribution in [3.8, 4) is 11.5 Å². The van der Waals surface area contributed by atoms with Crippen LogP contribution in [0.15, 0.2) is 60.0 Å². The molecule has 0 heterocycles.